The smallest absolute Gasteiger partial charge is 0.261 e. The Bertz CT molecular complexity index is 967. The van der Waals surface area contributed by atoms with Crippen molar-refractivity contribution in [1.29, 1.82) is 0 Å². The molecule has 29 heavy (non-hydrogen) atoms. The molecule has 0 aliphatic carbocycles. The molecule has 1 saturated heterocycles. The van der Waals surface area contributed by atoms with Crippen LogP contribution in [0.15, 0.2) is 48.5 Å². The lowest BCUT2D eigenvalue weighted by Crippen LogP contribution is -2.52. The van der Waals surface area contributed by atoms with E-state index in [0.29, 0.717) is 24.2 Å². The summed E-state index contributed by atoms with van der Waals surface area (Å²) in [5, 5.41) is 0. The molecule has 1 fully saturated rings. The van der Waals surface area contributed by atoms with E-state index in [9.17, 15) is 14.4 Å². The summed E-state index contributed by atoms with van der Waals surface area (Å²) < 4.78 is 0. The van der Waals surface area contributed by atoms with E-state index >= 15 is 0 Å². The molecule has 0 spiro atoms. The number of benzene rings is 2. The molecule has 0 saturated carbocycles. The van der Waals surface area contributed by atoms with E-state index in [1.165, 1.54) is 16.0 Å². The third kappa shape index (κ3) is 3.04. The molecule has 1 unspecified atom stereocenters. The number of hydrogen-bond donors (Lipinski definition) is 0. The Balaban J connectivity index is 1.25. The largest absolute Gasteiger partial charge is 0.339 e. The topological polar surface area (TPSA) is 60.9 Å². The van der Waals surface area contributed by atoms with Gasteiger partial charge in [-0.3, -0.25) is 24.2 Å². The number of carbonyl (C=O) groups excluding carboxylic acids is 3. The lowest BCUT2D eigenvalue weighted by molar-refractivity contribution is -0.134. The Morgan fingerprint density at radius 2 is 1.59 bits per heavy atom. The van der Waals surface area contributed by atoms with Crippen molar-refractivity contribution in [2.24, 2.45) is 0 Å². The van der Waals surface area contributed by atoms with Crippen molar-refractivity contribution in [2.45, 2.75) is 18.9 Å². The molecule has 3 aliphatic rings. The standard InChI is InChI=1S/C23H23N3O3/c27-21(10-12-26-22(28)18-7-3-4-8-19(18)23(26)29)25-14-13-24-11-9-16-5-1-2-6-17(16)20(24)15-25/h1-8,20H,9-15H2. The highest BCUT2D eigenvalue weighted by atomic mass is 16.2. The van der Waals surface area contributed by atoms with Crippen LogP contribution in [0.4, 0.5) is 0 Å². The molecule has 6 heteroatoms. The van der Waals surface area contributed by atoms with E-state index in [0.717, 1.165) is 19.5 Å². The highest BCUT2D eigenvalue weighted by molar-refractivity contribution is 6.21. The van der Waals surface area contributed by atoms with Gasteiger partial charge in [0.2, 0.25) is 5.91 Å². The van der Waals surface area contributed by atoms with E-state index in [2.05, 4.69) is 29.2 Å². The summed E-state index contributed by atoms with van der Waals surface area (Å²) in [7, 11) is 0. The van der Waals surface area contributed by atoms with Gasteiger partial charge < -0.3 is 4.90 Å². The molecule has 0 radical (unpaired) electrons. The molecule has 3 aliphatic heterocycles. The van der Waals surface area contributed by atoms with Crippen LogP contribution < -0.4 is 0 Å². The fourth-order valence-corrected chi connectivity index (χ4v) is 4.77. The average molecular weight is 389 g/mol. The van der Waals surface area contributed by atoms with E-state index in [-0.39, 0.29) is 36.7 Å². The zero-order valence-electron chi connectivity index (χ0n) is 16.2. The molecule has 3 amide bonds. The first kappa shape index (κ1) is 18.1. The van der Waals surface area contributed by atoms with Crippen molar-refractivity contribution in [3.05, 3.63) is 70.8 Å². The van der Waals surface area contributed by atoms with Gasteiger partial charge in [0, 0.05) is 39.1 Å². The Kier molecular flexibility index (Phi) is 4.43. The maximum Gasteiger partial charge on any atom is 0.261 e. The number of amides is 3. The molecule has 148 valence electrons. The van der Waals surface area contributed by atoms with Crippen molar-refractivity contribution >= 4 is 17.7 Å². The predicted octanol–water partition coefficient (Wildman–Crippen LogP) is 2.11. The van der Waals surface area contributed by atoms with Gasteiger partial charge in [0.15, 0.2) is 0 Å². The van der Waals surface area contributed by atoms with Gasteiger partial charge in [-0.15, -0.1) is 0 Å². The van der Waals surface area contributed by atoms with Gasteiger partial charge in [-0.25, -0.2) is 0 Å². The Morgan fingerprint density at radius 1 is 0.897 bits per heavy atom. The number of hydrogen-bond acceptors (Lipinski definition) is 4. The summed E-state index contributed by atoms with van der Waals surface area (Å²) in [4.78, 5) is 43.4. The molecule has 2 aromatic rings. The molecule has 1 atom stereocenters. The lowest BCUT2D eigenvalue weighted by Gasteiger charge is -2.45. The van der Waals surface area contributed by atoms with Gasteiger partial charge in [-0.05, 0) is 29.7 Å². The first-order valence-electron chi connectivity index (χ1n) is 10.2. The summed E-state index contributed by atoms with van der Waals surface area (Å²) in [6.07, 6.45) is 1.22. The van der Waals surface area contributed by atoms with Crippen LogP contribution in [0.25, 0.3) is 0 Å². The molecule has 5 rings (SSSR count). The molecular weight excluding hydrogens is 366 g/mol. The monoisotopic (exact) mass is 389 g/mol. The van der Waals surface area contributed by atoms with Crippen molar-refractivity contribution in [1.82, 2.24) is 14.7 Å². The third-order valence-corrected chi connectivity index (χ3v) is 6.35. The first-order valence-corrected chi connectivity index (χ1v) is 10.2. The molecule has 2 aromatic carbocycles. The number of rotatable bonds is 3. The fourth-order valence-electron chi connectivity index (χ4n) is 4.77. The SMILES string of the molecule is O=C(CCN1C(=O)c2ccccc2C1=O)N1CCN2CCc3ccccc3C2C1. The normalized spacial score (nSPS) is 21.0. The molecule has 0 aromatic heterocycles. The minimum Gasteiger partial charge on any atom is -0.339 e. The van der Waals surface area contributed by atoms with Crippen LogP contribution >= 0.6 is 0 Å². The maximum atomic E-state index is 12.9. The van der Waals surface area contributed by atoms with Crippen LogP contribution in [-0.4, -0.2) is 65.1 Å². The zero-order valence-corrected chi connectivity index (χ0v) is 16.2. The molecular formula is C23H23N3O3. The number of fused-ring (bicyclic) bond motifs is 4. The molecule has 0 bridgehead atoms. The second-order valence-corrected chi connectivity index (χ2v) is 7.90. The van der Waals surface area contributed by atoms with Crippen LogP contribution in [0, 0.1) is 0 Å². The summed E-state index contributed by atoms with van der Waals surface area (Å²) in [6.45, 7) is 3.38. The minimum atomic E-state index is -0.301. The van der Waals surface area contributed by atoms with Gasteiger partial charge >= 0.3 is 0 Å². The van der Waals surface area contributed by atoms with Crippen LogP contribution in [0.5, 0.6) is 0 Å². The second-order valence-electron chi connectivity index (χ2n) is 7.90. The lowest BCUT2D eigenvalue weighted by atomic mass is 9.91. The quantitative estimate of drug-likeness (QED) is 0.755. The maximum absolute atomic E-state index is 12.9. The van der Waals surface area contributed by atoms with Gasteiger partial charge in [0.1, 0.15) is 0 Å². The van der Waals surface area contributed by atoms with E-state index < -0.39 is 0 Å². The van der Waals surface area contributed by atoms with E-state index in [1.54, 1.807) is 24.3 Å². The summed E-state index contributed by atoms with van der Waals surface area (Å²) >= 11 is 0. The van der Waals surface area contributed by atoms with Gasteiger partial charge in [0.25, 0.3) is 11.8 Å². The van der Waals surface area contributed by atoms with Crippen LogP contribution in [0.1, 0.15) is 44.3 Å². The first-order chi connectivity index (χ1) is 14.1. The van der Waals surface area contributed by atoms with Crippen molar-refractivity contribution in [2.75, 3.05) is 32.7 Å². The number of carbonyl (C=O) groups is 3. The van der Waals surface area contributed by atoms with Crippen molar-refractivity contribution in [3.8, 4) is 0 Å². The van der Waals surface area contributed by atoms with Gasteiger partial charge in [-0.1, -0.05) is 36.4 Å². The van der Waals surface area contributed by atoms with Gasteiger partial charge in [0.05, 0.1) is 17.2 Å². The third-order valence-electron chi connectivity index (χ3n) is 6.35. The van der Waals surface area contributed by atoms with Crippen LogP contribution in [0.2, 0.25) is 0 Å². The van der Waals surface area contributed by atoms with Crippen molar-refractivity contribution in [3.63, 3.8) is 0 Å². The Morgan fingerprint density at radius 3 is 2.34 bits per heavy atom. The molecule has 3 heterocycles. The summed E-state index contributed by atoms with van der Waals surface area (Å²) in [6, 6.07) is 15.5. The minimum absolute atomic E-state index is 0.00395. The highest BCUT2D eigenvalue weighted by Crippen LogP contribution is 2.32. The molecule has 6 nitrogen and oxygen atoms in total. The fraction of sp³-hybridized carbons (Fsp3) is 0.348. The number of nitrogens with zero attached hydrogens (tertiary/aromatic N) is 3. The highest BCUT2D eigenvalue weighted by Gasteiger charge is 2.37. The predicted molar refractivity (Wildman–Crippen MR) is 107 cm³/mol. The van der Waals surface area contributed by atoms with Gasteiger partial charge in [-0.2, -0.15) is 0 Å². The zero-order chi connectivity index (χ0) is 20.0. The second kappa shape index (κ2) is 7.12. The number of piperazine rings is 1. The number of imide groups is 1. The Hall–Kier alpha value is -2.99. The van der Waals surface area contributed by atoms with Crippen LogP contribution in [0.3, 0.4) is 0 Å². The summed E-state index contributed by atoms with van der Waals surface area (Å²) in [5.74, 6) is -0.599. The average Bonchev–Trinajstić information content (AvgIpc) is 3.01. The van der Waals surface area contributed by atoms with Crippen LogP contribution in [-0.2, 0) is 11.2 Å². The van der Waals surface area contributed by atoms with Crippen molar-refractivity contribution < 1.29 is 14.4 Å². The Labute approximate surface area is 169 Å². The van der Waals surface area contributed by atoms with E-state index in [4.69, 9.17) is 0 Å². The summed E-state index contributed by atoms with van der Waals surface area (Å²) in [5.41, 5.74) is 3.54. The molecule has 0 N–H and O–H groups in total. The van der Waals surface area contributed by atoms with E-state index in [1.807, 2.05) is 4.90 Å².